The predicted molar refractivity (Wildman–Crippen MR) is 296 cm³/mol. The Balaban J connectivity index is 3.96. The third kappa shape index (κ3) is 55.8. The predicted octanol–water partition coefficient (Wildman–Crippen LogP) is 18.0. The number of hydrogen-bond acceptors (Lipinski definition) is 8. The molecule has 0 aliphatic carbocycles. The van der Waals surface area contributed by atoms with Gasteiger partial charge >= 0.3 is 11.9 Å². The SMILES string of the molecule is CCCCCCC/C=C\C/C=C\CCCCCCCCCCCCCCCCCCCCCCCC(=O)OC(COC(=O)CCCCCCCCCCCCCCC)COP(=O)([O-])OCC[N+](C)(C)C. The van der Waals surface area contributed by atoms with E-state index < -0.39 is 26.5 Å². The number of hydrogen-bond donors (Lipinski definition) is 0. The Morgan fingerprint density at radius 3 is 1.13 bits per heavy atom. The highest BCUT2D eigenvalue weighted by Gasteiger charge is 2.22. The molecule has 0 aliphatic heterocycles. The zero-order chi connectivity index (χ0) is 51.3. The van der Waals surface area contributed by atoms with Gasteiger partial charge in [-0.15, -0.1) is 0 Å². The zero-order valence-corrected chi connectivity index (χ0v) is 47.9. The molecular formula is C60H116NO8P. The first-order valence-electron chi connectivity index (χ1n) is 30.0. The highest BCUT2D eigenvalue weighted by atomic mass is 31.2. The third-order valence-electron chi connectivity index (χ3n) is 13.5. The molecule has 9 nitrogen and oxygen atoms in total. The van der Waals surface area contributed by atoms with Crippen LogP contribution in [0.5, 0.6) is 0 Å². The first-order chi connectivity index (χ1) is 34.0. The minimum atomic E-state index is -4.63. The number of rotatable bonds is 56. The number of unbranched alkanes of at least 4 members (excludes halogenated alkanes) is 38. The van der Waals surface area contributed by atoms with Crippen LogP contribution in [0.25, 0.3) is 0 Å². The summed E-state index contributed by atoms with van der Waals surface area (Å²) in [5.74, 6) is -0.816. The van der Waals surface area contributed by atoms with E-state index in [1.54, 1.807) is 0 Å². The number of carbonyl (C=O) groups is 2. The number of allylic oxidation sites excluding steroid dienone is 4. The summed E-state index contributed by atoms with van der Waals surface area (Å²) in [7, 11) is 1.18. The summed E-state index contributed by atoms with van der Waals surface area (Å²) in [5, 5.41) is 0. The standard InChI is InChI=1S/C60H116NO8P/c1-6-8-10-12-14-16-18-20-21-22-23-24-25-26-27-28-29-30-31-32-33-34-35-36-37-38-39-41-43-45-47-49-51-53-60(63)69-58(57-68-70(64,65)67-55-54-61(3,4)5)56-66-59(62)52-50-48-46-44-42-40-19-17-15-13-11-9-7-2/h18,20,22-23,58H,6-17,19,21,24-57H2,1-5H3/b20-18-,23-22-. The highest BCUT2D eigenvalue weighted by Crippen LogP contribution is 2.38. The van der Waals surface area contributed by atoms with E-state index in [4.69, 9.17) is 18.5 Å². The van der Waals surface area contributed by atoms with E-state index in [2.05, 4.69) is 38.2 Å². The van der Waals surface area contributed by atoms with Crippen LogP contribution in [0.3, 0.4) is 0 Å². The molecule has 0 saturated carbocycles. The van der Waals surface area contributed by atoms with Gasteiger partial charge in [0.15, 0.2) is 6.10 Å². The second-order valence-corrected chi connectivity index (χ2v) is 23.1. The van der Waals surface area contributed by atoms with E-state index in [-0.39, 0.29) is 32.0 Å². The van der Waals surface area contributed by atoms with E-state index in [1.807, 2.05) is 21.1 Å². The van der Waals surface area contributed by atoms with Gasteiger partial charge in [-0.2, -0.15) is 0 Å². The summed E-state index contributed by atoms with van der Waals surface area (Å²) in [6.07, 6.45) is 62.4. The summed E-state index contributed by atoms with van der Waals surface area (Å²) in [4.78, 5) is 37.8. The maximum atomic E-state index is 12.8. The van der Waals surface area contributed by atoms with Crippen LogP contribution < -0.4 is 4.89 Å². The van der Waals surface area contributed by atoms with Gasteiger partial charge in [-0.25, -0.2) is 0 Å². The number of likely N-dealkylation sites (N-methyl/N-ethyl adjacent to an activating group) is 1. The molecule has 0 fully saturated rings. The van der Waals surface area contributed by atoms with Gasteiger partial charge in [-0.1, -0.05) is 263 Å². The fourth-order valence-electron chi connectivity index (χ4n) is 8.81. The molecule has 0 rings (SSSR count). The number of nitrogens with zero attached hydrogens (tertiary/aromatic N) is 1. The Labute approximate surface area is 434 Å². The van der Waals surface area contributed by atoms with Gasteiger partial charge in [0.05, 0.1) is 27.7 Å². The van der Waals surface area contributed by atoms with Gasteiger partial charge in [0.1, 0.15) is 19.8 Å². The Morgan fingerprint density at radius 1 is 0.443 bits per heavy atom. The Kier molecular flexibility index (Phi) is 51.2. The van der Waals surface area contributed by atoms with Gasteiger partial charge in [-0.05, 0) is 44.9 Å². The molecule has 0 heterocycles. The average Bonchev–Trinajstić information content (AvgIpc) is 3.32. The van der Waals surface area contributed by atoms with Crippen LogP contribution in [0.2, 0.25) is 0 Å². The molecule has 0 bridgehead atoms. The smallest absolute Gasteiger partial charge is 0.306 e. The number of carbonyl (C=O) groups excluding carboxylic acids is 2. The molecular weight excluding hydrogens is 894 g/mol. The fourth-order valence-corrected chi connectivity index (χ4v) is 9.54. The second-order valence-electron chi connectivity index (χ2n) is 21.7. The van der Waals surface area contributed by atoms with E-state index in [9.17, 15) is 19.0 Å². The van der Waals surface area contributed by atoms with Crippen molar-refractivity contribution >= 4 is 19.8 Å². The third-order valence-corrected chi connectivity index (χ3v) is 14.4. The lowest BCUT2D eigenvalue weighted by Crippen LogP contribution is -2.37. The molecule has 0 aromatic heterocycles. The summed E-state index contributed by atoms with van der Waals surface area (Å²) in [6.45, 7) is 4.27. The molecule has 0 aromatic carbocycles. The molecule has 0 radical (unpaired) electrons. The van der Waals surface area contributed by atoms with Crippen LogP contribution in [0.1, 0.15) is 296 Å². The fraction of sp³-hybridized carbons (Fsp3) is 0.900. The lowest BCUT2D eigenvalue weighted by atomic mass is 10.0. The Morgan fingerprint density at radius 2 is 0.771 bits per heavy atom. The summed E-state index contributed by atoms with van der Waals surface area (Å²) < 4.78 is 34.1. The molecule has 2 atom stereocenters. The maximum absolute atomic E-state index is 12.8. The largest absolute Gasteiger partial charge is 0.756 e. The minimum absolute atomic E-state index is 0.0270. The second kappa shape index (κ2) is 52.4. The number of ether oxygens (including phenoxy) is 2. The van der Waals surface area contributed by atoms with Crippen molar-refractivity contribution in [2.45, 2.75) is 302 Å². The molecule has 0 spiro atoms. The Hall–Kier alpha value is -1.51. The van der Waals surface area contributed by atoms with Crippen LogP contribution in [0.4, 0.5) is 0 Å². The molecule has 0 amide bonds. The van der Waals surface area contributed by atoms with Crippen molar-refractivity contribution in [3.8, 4) is 0 Å². The highest BCUT2D eigenvalue weighted by molar-refractivity contribution is 7.45. The zero-order valence-electron chi connectivity index (χ0n) is 47.0. The maximum Gasteiger partial charge on any atom is 0.306 e. The molecule has 0 N–H and O–H groups in total. The van der Waals surface area contributed by atoms with E-state index in [1.165, 1.54) is 225 Å². The number of esters is 2. The van der Waals surface area contributed by atoms with Crippen molar-refractivity contribution in [3.05, 3.63) is 24.3 Å². The summed E-state index contributed by atoms with van der Waals surface area (Å²) >= 11 is 0. The van der Waals surface area contributed by atoms with Crippen LogP contribution in [-0.2, 0) is 32.7 Å². The molecule has 2 unspecified atom stereocenters. The van der Waals surface area contributed by atoms with Crippen molar-refractivity contribution in [1.29, 1.82) is 0 Å². The van der Waals surface area contributed by atoms with Crippen molar-refractivity contribution in [2.24, 2.45) is 0 Å². The van der Waals surface area contributed by atoms with Crippen molar-refractivity contribution < 1.29 is 42.1 Å². The van der Waals surface area contributed by atoms with Crippen molar-refractivity contribution in [2.75, 3.05) is 47.5 Å². The molecule has 10 heteroatoms. The first-order valence-corrected chi connectivity index (χ1v) is 31.5. The van der Waals surface area contributed by atoms with Gasteiger partial charge in [0.2, 0.25) is 0 Å². The molecule has 0 saturated heterocycles. The summed E-state index contributed by atoms with van der Waals surface area (Å²) in [5.41, 5.74) is 0. The number of phosphoric ester groups is 1. The minimum Gasteiger partial charge on any atom is -0.756 e. The van der Waals surface area contributed by atoms with E-state index >= 15 is 0 Å². The number of quaternary nitrogens is 1. The molecule has 414 valence electrons. The average molecular weight is 1010 g/mol. The normalized spacial score (nSPS) is 13.4. The van der Waals surface area contributed by atoms with Gasteiger partial charge in [-0.3, -0.25) is 14.2 Å². The van der Waals surface area contributed by atoms with Crippen LogP contribution in [0, 0.1) is 0 Å². The summed E-state index contributed by atoms with van der Waals surface area (Å²) in [6, 6.07) is 0. The first kappa shape index (κ1) is 68.5. The number of phosphoric acid groups is 1. The van der Waals surface area contributed by atoms with Gasteiger partial charge in [0.25, 0.3) is 7.82 Å². The lowest BCUT2D eigenvalue weighted by molar-refractivity contribution is -0.870. The molecule has 0 aliphatic rings. The van der Waals surface area contributed by atoms with Crippen LogP contribution in [0.15, 0.2) is 24.3 Å². The topological polar surface area (TPSA) is 111 Å². The van der Waals surface area contributed by atoms with Gasteiger partial charge in [0, 0.05) is 12.8 Å². The Bertz CT molecular complexity index is 1240. The van der Waals surface area contributed by atoms with Gasteiger partial charge < -0.3 is 27.9 Å². The van der Waals surface area contributed by atoms with Crippen LogP contribution in [-0.4, -0.2) is 70.0 Å². The molecule has 0 aromatic rings. The van der Waals surface area contributed by atoms with Crippen LogP contribution >= 0.6 is 7.82 Å². The molecule has 70 heavy (non-hydrogen) atoms. The van der Waals surface area contributed by atoms with Crippen molar-refractivity contribution in [1.82, 2.24) is 0 Å². The monoisotopic (exact) mass is 1010 g/mol. The quantitative estimate of drug-likeness (QED) is 0.0195. The van der Waals surface area contributed by atoms with E-state index in [0.717, 1.165) is 38.5 Å². The van der Waals surface area contributed by atoms with Crippen molar-refractivity contribution in [3.63, 3.8) is 0 Å². The lowest BCUT2D eigenvalue weighted by Gasteiger charge is -2.28. The van der Waals surface area contributed by atoms with E-state index in [0.29, 0.717) is 17.4 Å².